The molecule has 0 aliphatic carbocycles. The lowest BCUT2D eigenvalue weighted by molar-refractivity contribution is 0.0442. The minimum Gasteiger partial charge on any atom is -0.477 e. The quantitative estimate of drug-likeness (QED) is 0.821. The van der Waals surface area contributed by atoms with Gasteiger partial charge in [-0.05, 0) is 19.8 Å². The second-order valence-electron chi connectivity index (χ2n) is 4.47. The van der Waals surface area contributed by atoms with Crippen LogP contribution in [0.5, 0.6) is 0 Å². The van der Waals surface area contributed by atoms with Crippen molar-refractivity contribution in [2.24, 2.45) is 7.05 Å². The molecule has 2 N–H and O–H groups in total. The molecular weight excluding hydrogens is 220 g/mol. The highest BCUT2D eigenvalue weighted by molar-refractivity contribution is 5.87. The fourth-order valence-electron chi connectivity index (χ4n) is 1.78. The van der Waals surface area contributed by atoms with Crippen LogP contribution in [0.1, 0.15) is 55.6 Å². The number of carbonyl (C=O) groups is 1. The van der Waals surface area contributed by atoms with E-state index >= 15 is 0 Å². The number of aromatic nitrogens is 2. The molecule has 1 atom stereocenters. The molecule has 0 saturated carbocycles. The number of nitrogens with zero attached hydrogens (tertiary/aromatic N) is 2. The molecule has 1 heterocycles. The highest BCUT2D eigenvalue weighted by atomic mass is 16.4. The van der Waals surface area contributed by atoms with Crippen molar-refractivity contribution in [3.63, 3.8) is 0 Å². The van der Waals surface area contributed by atoms with Crippen molar-refractivity contribution in [1.82, 2.24) is 9.55 Å². The summed E-state index contributed by atoms with van der Waals surface area (Å²) in [7, 11) is 1.68. The maximum Gasteiger partial charge on any atom is 0.354 e. The van der Waals surface area contributed by atoms with Gasteiger partial charge in [-0.25, -0.2) is 9.78 Å². The van der Waals surface area contributed by atoms with Gasteiger partial charge >= 0.3 is 5.97 Å². The summed E-state index contributed by atoms with van der Waals surface area (Å²) < 4.78 is 1.56. The third-order valence-electron chi connectivity index (χ3n) is 3.06. The van der Waals surface area contributed by atoms with Gasteiger partial charge < -0.3 is 14.8 Å². The molecule has 0 radical (unpaired) electrons. The first kappa shape index (κ1) is 13.7. The first-order valence-corrected chi connectivity index (χ1v) is 5.86. The summed E-state index contributed by atoms with van der Waals surface area (Å²) in [5, 5.41) is 19.4. The van der Waals surface area contributed by atoms with Crippen LogP contribution in [0.15, 0.2) is 0 Å². The van der Waals surface area contributed by atoms with E-state index < -0.39 is 11.6 Å². The summed E-state index contributed by atoms with van der Waals surface area (Å²) in [6.45, 7) is 5.41. The van der Waals surface area contributed by atoms with Crippen molar-refractivity contribution in [3.8, 4) is 0 Å². The minimum atomic E-state index is -1.20. The molecule has 0 spiro atoms. The molecule has 17 heavy (non-hydrogen) atoms. The number of aromatic carboxylic acids is 1. The Morgan fingerprint density at radius 3 is 2.47 bits per heavy atom. The predicted molar refractivity (Wildman–Crippen MR) is 64.0 cm³/mol. The zero-order valence-corrected chi connectivity index (χ0v) is 10.8. The van der Waals surface area contributed by atoms with Crippen LogP contribution >= 0.6 is 0 Å². The smallest absolute Gasteiger partial charge is 0.354 e. The van der Waals surface area contributed by atoms with Crippen molar-refractivity contribution in [2.45, 2.75) is 45.6 Å². The molecular formula is C12H20N2O3. The van der Waals surface area contributed by atoms with E-state index in [-0.39, 0.29) is 11.4 Å². The van der Waals surface area contributed by atoms with E-state index in [9.17, 15) is 15.0 Å². The van der Waals surface area contributed by atoms with E-state index in [0.717, 1.165) is 6.42 Å². The molecule has 0 saturated heterocycles. The maximum atomic E-state index is 11.3. The van der Waals surface area contributed by atoms with E-state index in [2.05, 4.69) is 4.98 Å². The van der Waals surface area contributed by atoms with Gasteiger partial charge in [-0.3, -0.25) is 0 Å². The van der Waals surface area contributed by atoms with E-state index in [0.29, 0.717) is 18.7 Å². The van der Waals surface area contributed by atoms with Crippen LogP contribution in [0.2, 0.25) is 0 Å². The van der Waals surface area contributed by atoms with Crippen LogP contribution in [0, 0.1) is 0 Å². The molecule has 0 fully saturated rings. The van der Waals surface area contributed by atoms with Crippen LogP contribution in [0.25, 0.3) is 0 Å². The van der Waals surface area contributed by atoms with Gasteiger partial charge in [0.15, 0.2) is 5.69 Å². The van der Waals surface area contributed by atoms with Gasteiger partial charge in [-0.1, -0.05) is 13.8 Å². The molecule has 1 aromatic rings. The molecule has 5 heteroatoms. The van der Waals surface area contributed by atoms with E-state index in [1.807, 2.05) is 6.92 Å². The van der Waals surface area contributed by atoms with E-state index in [1.54, 1.807) is 25.5 Å². The van der Waals surface area contributed by atoms with Crippen molar-refractivity contribution >= 4 is 5.97 Å². The molecule has 0 aromatic carbocycles. The minimum absolute atomic E-state index is 0.0836. The van der Waals surface area contributed by atoms with Gasteiger partial charge in [0.2, 0.25) is 0 Å². The molecule has 0 amide bonds. The average Bonchev–Trinajstić information content (AvgIpc) is 2.58. The van der Waals surface area contributed by atoms with Gasteiger partial charge in [-0.15, -0.1) is 0 Å². The lowest BCUT2D eigenvalue weighted by Crippen LogP contribution is -2.24. The SMILES string of the molecule is CCCc1nc(C(C)(O)CC)c(C(=O)O)n1C. The molecule has 0 bridgehead atoms. The maximum absolute atomic E-state index is 11.3. The van der Waals surface area contributed by atoms with E-state index in [1.165, 1.54) is 0 Å². The molecule has 5 nitrogen and oxygen atoms in total. The van der Waals surface area contributed by atoms with Crippen LogP contribution in [0.4, 0.5) is 0 Å². The lowest BCUT2D eigenvalue weighted by atomic mass is 9.97. The second-order valence-corrected chi connectivity index (χ2v) is 4.47. The Hall–Kier alpha value is -1.36. The molecule has 1 rings (SSSR count). The zero-order valence-electron chi connectivity index (χ0n) is 10.8. The van der Waals surface area contributed by atoms with Gasteiger partial charge in [-0.2, -0.15) is 0 Å². The first-order chi connectivity index (χ1) is 7.85. The Morgan fingerprint density at radius 2 is 2.06 bits per heavy atom. The normalized spacial score (nSPS) is 14.6. The third-order valence-corrected chi connectivity index (χ3v) is 3.06. The summed E-state index contributed by atoms with van der Waals surface area (Å²) in [5.41, 5.74) is -0.851. The van der Waals surface area contributed by atoms with Crippen LogP contribution in [0.3, 0.4) is 0 Å². The highest BCUT2D eigenvalue weighted by Crippen LogP contribution is 2.27. The fraction of sp³-hybridized carbons (Fsp3) is 0.667. The Bertz CT molecular complexity index is 422. The summed E-state index contributed by atoms with van der Waals surface area (Å²) in [6, 6.07) is 0. The first-order valence-electron chi connectivity index (χ1n) is 5.86. The largest absolute Gasteiger partial charge is 0.477 e. The molecule has 0 aliphatic heterocycles. The summed E-state index contributed by atoms with van der Waals surface area (Å²) >= 11 is 0. The molecule has 1 aromatic heterocycles. The Balaban J connectivity index is 3.38. The molecule has 0 aliphatic rings. The predicted octanol–water partition coefficient (Wildman–Crippen LogP) is 1.69. The van der Waals surface area contributed by atoms with Crippen LogP contribution < -0.4 is 0 Å². The molecule has 1 unspecified atom stereocenters. The van der Waals surface area contributed by atoms with E-state index in [4.69, 9.17) is 0 Å². The van der Waals surface area contributed by atoms with Crippen molar-refractivity contribution < 1.29 is 15.0 Å². The Kier molecular flexibility index (Phi) is 3.93. The second kappa shape index (κ2) is 4.87. The number of carboxylic acids is 1. The van der Waals surface area contributed by atoms with Crippen LogP contribution in [-0.2, 0) is 19.1 Å². The Morgan fingerprint density at radius 1 is 1.47 bits per heavy atom. The van der Waals surface area contributed by atoms with Crippen LogP contribution in [-0.4, -0.2) is 25.7 Å². The zero-order chi connectivity index (χ0) is 13.2. The summed E-state index contributed by atoms with van der Waals surface area (Å²) in [4.78, 5) is 15.5. The number of rotatable bonds is 5. The number of hydrogen-bond donors (Lipinski definition) is 2. The van der Waals surface area contributed by atoms with Crippen molar-refractivity contribution in [3.05, 3.63) is 17.2 Å². The molecule has 96 valence electrons. The van der Waals surface area contributed by atoms with Gasteiger partial charge in [0, 0.05) is 13.5 Å². The van der Waals surface area contributed by atoms with Gasteiger partial charge in [0.05, 0.1) is 0 Å². The lowest BCUT2D eigenvalue weighted by Gasteiger charge is -2.19. The summed E-state index contributed by atoms with van der Waals surface area (Å²) in [5.74, 6) is -0.347. The van der Waals surface area contributed by atoms with Gasteiger partial charge in [0.25, 0.3) is 0 Å². The number of aliphatic hydroxyl groups is 1. The van der Waals surface area contributed by atoms with Gasteiger partial charge in [0.1, 0.15) is 17.1 Å². The Labute approximate surface area is 101 Å². The summed E-state index contributed by atoms with van der Waals surface area (Å²) in [6.07, 6.45) is 2.02. The number of imidazole rings is 1. The number of carboxylic acid groups (broad SMARTS) is 1. The third kappa shape index (κ3) is 2.49. The average molecular weight is 240 g/mol. The monoisotopic (exact) mass is 240 g/mol. The number of hydrogen-bond acceptors (Lipinski definition) is 3. The van der Waals surface area contributed by atoms with Crippen molar-refractivity contribution in [1.29, 1.82) is 0 Å². The highest BCUT2D eigenvalue weighted by Gasteiger charge is 2.32. The van der Waals surface area contributed by atoms with Crippen molar-refractivity contribution in [2.75, 3.05) is 0 Å². The standard InChI is InChI=1S/C12H20N2O3/c1-5-7-8-13-10(12(3,17)6-2)9(11(15)16)14(8)4/h17H,5-7H2,1-4H3,(H,15,16). The fourth-order valence-corrected chi connectivity index (χ4v) is 1.78. The number of aryl methyl sites for hydroxylation is 1. The topological polar surface area (TPSA) is 75.3 Å².